The third kappa shape index (κ3) is 3.76. The van der Waals surface area contributed by atoms with E-state index in [1.54, 1.807) is 12.1 Å². The van der Waals surface area contributed by atoms with Crippen LogP contribution >= 0.6 is 0 Å². The van der Waals surface area contributed by atoms with Crippen molar-refractivity contribution in [1.29, 1.82) is 0 Å². The highest BCUT2D eigenvalue weighted by Crippen LogP contribution is 2.49. The van der Waals surface area contributed by atoms with E-state index in [4.69, 9.17) is 4.74 Å². The molecule has 0 heterocycles. The highest BCUT2D eigenvalue weighted by atomic mass is 32.2. The van der Waals surface area contributed by atoms with Crippen LogP contribution in [0.4, 0.5) is 4.39 Å². The number of hydrogen-bond donors (Lipinski definition) is 1. The lowest BCUT2D eigenvalue weighted by atomic mass is 10.0. The smallest absolute Gasteiger partial charge is 0.128 e. The van der Waals surface area contributed by atoms with Crippen LogP contribution in [0.2, 0.25) is 0 Å². The summed E-state index contributed by atoms with van der Waals surface area (Å²) in [4.78, 5) is 0. The van der Waals surface area contributed by atoms with Gasteiger partial charge in [0.15, 0.2) is 0 Å². The molecule has 0 saturated heterocycles. The Morgan fingerprint density at radius 2 is 2.05 bits per heavy atom. The molecule has 1 aromatic rings. The summed E-state index contributed by atoms with van der Waals surface area (Å²) in [6, 6.07) is 4.97. The molecule has 0 spiro atoms. The lowest BCUT2D eigenvalue weighted by molar-refractivity contribution is 0.0393. The molecule has 1 fully saturated rings. The Morgan fingerprint density at radius 3 is 2.50 bits per heavy atom. The number of rotatable bonds is 6. The number of halogens is 1. The average Bonchev–Trinajstić information content (AvgIpc) is 3.18. The summed E-state index contributed by atoms with van der Waals surface area (Å²) in [7, 11) is -1.23. The van der Waals surface area contributed by atoms with Gasteiger partial charge in [0, 0.05) is 18.2 Å². The van der Waals surface area contributed by atoms with Crippen LogP contribution in [0.25, 0.3) is 0 Å². The van der Waals surface area contributed by atoms with E-state index in [0.29, 0.717) is 12.2 Å². The first-order valence-electron chi connectivity index (χ1n) is 7.81. The summed E-state index contributed by atoms with van der Waals surface area (Å²) in [6.45, 7) is 10.1. The van der Waals surface area contributed by atoms with E-state index in [0.717, 1.165) is 18.4 Å². The summed E-state index contributed by atoms with van der Waals surface area (Å²) in [5.41, 5.74) is 1.16. The highest BCUT2D eigenvalue weighted by Gasteiger charge is 2.45. The van der Waals surface area contributed by atoms with E-state index in [-0.39, 0.29) is 22.2 Å². The van der Waals surface area contributed by atoms with Crippen LogP contribution in [-0.2, 0) is 21.3 Å². The fourth-order valence-corrected chi connectivity index (χ4v) is 3.27. The van der Waals surface area contributed by atoms with Gasteiger partial charge in [0.25, 0.3) is 0 Å². The predicted octanol–water partition coefficient (Wildman–Crippen LogP) is 3.96. The zero-order chi connectivity index (χ0) is 16.5. The Morgan fingerprint density at radius 1 is 1.41 bits per heavy atom. The lowest BCUT2D eigenvalue weighted by Gasteiger charge is -2.23. The van der Waals surface area contributed by atoms with Crippen molar-refractivity contribution in [3.63, 3.8) is 0 Å². The molecule has 2 rings (SSSR count). The number of hydrogen-bond acceptors (Lipinski definition) is 2. The van der Waals surface area contributed by atoms with Gasteiger partial charge in [-0.3, -0.25) is 0 Å². The van der Waals surface area contributed by atoms with Gasteiger partial charge in [0.1, 0.15) is 5.82 Å². The molecule has 1 aliphatic carbocycles. The van der Waals surface area contributed by atoms with Crippen molar-refractivity contribution in [2.45, 2.75) is 63.9 Å². The van der Waals surface area contributed by atoms with E-state index < -0.39 is 11.0 Å². The maximum atomic E-state index is 14.5. The van der Waals surface area contributed by atoms with Crippen LogP contribution in [0, 0.1) is 5.82 Å². The van der Waals surface area contributed by atoms with E-state index in [1.165, 1.54) is 0 Å². The predicted molar refractivity (Wildman–Crippen MR) is 88.4 cm³/mol. The third-order valence-electron chi connectivity index (χ3n) is 3.96. The Balaban J connectivity index is 2.15. The molecule has 1 aliphatic rings. The van der Waals surface area contributed by atoms with Crippen molar-refractivity contribution < 1.29 is 13.3 Å². The Labute approximate surface area is 135 Å². The standard InChI is InChI=1S/C17H26FNO2S/c1-6-21-17(9-10-17)13-7-8-14(15(18)11-13)12(2)19-22(20)16(3,4)5/h7-8,11-12,19H,6,9-10H2,1-5H3/t12-,22+/m0/s1. The first-order valence-corrected chi connectivity index (χ1v) is 8.96. The normalized spacial score (nSPS) is 19.7. The van der Waals surface area contributed by atoms with Gasteiger partial charge < -0.3 is 4.74 Å². The van der Waals surface area contributed by atoms with Gasteiger partial charge in [-0.25, -0.2) is 13.3 Å². The fourth-order valence-electron chi connectivity index (χ4n) is 2.47. The Kier molecular flexibility index (Phi) is 5.09. The monoisotopic (exact) mass is 327 g/mol. The van der Waals surface area contributed by atoms with Crippen molar-refractivity contribution in [1.82, 2.24) is 4.72 Å². The number of benzene rings is 1. The molecule has 0 aromatic heterocycles. The maximum absolute atomic E-state index is 14.5. The molecule has 0 bridgehead atoms. The van der Waals surface area contributed by atoms with E-state index in [2.05, 4.69) is 4.72 Å². The molecule has 1 saturated carbocycles. The van der Waals surface area contributed by atoms with Crippen LogP contribution in [-0.4, -0.2) is 15.6 Å². The van der Waals surface area contributed by atoms with Gasteiger partial charge in [0.2, 0.25) is 0 Å². The minimum absolute atomic E-state index is 0.269. The van der Waals surface area contributed by atoms with Gasteiger partial charge in [-0.2, -0.15) is 0 Å². The van der Waals surface area contributed by atoms with Gasteiger partial charge in [0.05, 0.1) is 21.3 Å². The van der Waals surface area contributed by atoms with Crippen LogP contribution in [0.15, 0.2) is 18.2 Å². The number of nitrogens with one attached hydrogen (secondary N) is 1. The van der Waals surface area contributed by atoms with Crippen molar-refractivity contribution in [3.05, 3.63) is 35.1 Å². The van der Waals surface area contributed by atoms with Gasteiger partial charge in [-0.15, -0.1) is 0 Å². The summed E-state index contributed by atoms with van der Waals surface area (Å²) in [5.74, 6) is -0.269. The summed E-state index contributed by atoms with van der Waals surface area (Å²) in [5, 5.41) is 0. The van der Waals surface area contributed by atoms with Crippen LogP contribution in [0.3, 0.4) is 0 Å². The molecule has 0 radical (unpaired) electrons. The van der Waals surface area contributed by atoms with Crippen molar-refractivity contribution in [3.8, 4) is 0 Å². The van der Waals surface area contributed by atoms with Gasteiger partial charge in [-0.1, -0.05) is 12.1 Å². The summed E-state index contributed by atoms with van der Waals surface area (Å²) < 4.78 is 34.9. The van der Waals surface area contributed by atoms with Crippen molar-refractivity contribution in [2.75, 3.05) is 6.61 Å². The maximum Gasteiger partial charge on any atom is 0.128 e. The van der Waals surface area contributed by atoms with Crippen LogP contribution in [0.5, 0.6) is 0 Å². The summed E-state index contributed by atoms with van der Waals surface area (Å²) >= 11 is 0. The van der Waals surface area contributed by atoms with Crippen LogP contribution in [0.1, 0.15) is 64.6 Å². The lowest BCUT2D eigenvalue weighted by Crippen LogP contribution is -2.35. The zero-order valence-corrected chi connectivity index (χ0v) is 14.8. The second-order valence-corrected chi connectivity index (χ2v) is 8.88. The van der Waals surface area contributed by atoms with Gasteiger partial charge >= 0.3 is 0 Å². The molecule has 124 valence electrons. The second-order valence-electron chi connectivity index (χ2n) is 6.88. The molecular formula is C17H26FNO2S. The van der Waals surface area contributed by atoms with E-state index >= 15 is 0 Å². The molecule has 2 atom stereocenters. The number of ether oxygens (including phenoxy) is 1. The Bertz CT molecular complexity index is 564. The van der Waals surface area contributed by atoms with E-state index in [1.807, 2.05) is 40.7 Å². The molecule has 0 aliphatic heterocycles. The molecule has 1 N–H and O–H groups in total. The van der Waals surface area contributed by atoms with Crippen LogP contribution < -0.4 is 4.72 Å². The fraction of sp³-hybridized carbons (Fsp3) is 0.647. The van der Waals surface area contributed by atoms with Crippen molar-refractivity contribution >= 4 is 11.0 Å². The molecule has 22 heavy (non-hydrogen) atoms. The minimum atomic E-state index is -1.23. The van der Waals surface area contributed by atoms with Crippen molar-refractivity contribution in [2.24, 2.45) is 0 Å². The quantitative estimate of drug-likeness (QED) is 0.859. The second kappa shape index (κ2) is 6.38. The molecule has 3 nitrogen and oxygen atoms in total. The largest absolute Gasteiger partial charge is 0.371 e. The highest BCUT2D eigenvalue weighted by molar-refractivity contribution is 7.84. The Hall–Kier alpha value is -0.780. The topological polar surface area (TPSA) is 38.3 Å². The van der Waals surface area contributed by atoms with E-state index in [9.17, 15) is 8.60 Å². The SMILES string of the molecule is CCOC1(c2ccc([C@H](C)N[S@](=O)C(C)(C)C)c(F)c2)CC1. The molecule has 1 aromatic carbocycles. The average molecular weight is 327 g/mol. The minimum Gasteiger partial charge on any atom is -0.371 e. The molecule has 0 amide bonds. The molecule has 5 heteroatoms. The first kappa shape index (κ1) is 17.6. The third-order valence-corrected chi connectivity index (χ3v) is 5.64. The zero-order valence-electron chi connectivity index (χ0n) is 14.0. The molecular weight excluding hydrogens is 301 g/mol. The molecule has 0 unspecified atom stereocenters. The summed E-state index contributed by atoms with van der Waals surface area (Å²) in [6.07, 6.45) is 1.89. The van der Waals surface area contributed by atoms with Gasteiger partial charge in [-0.05, 0) is 59.1 Å². The first-order chi connectivity index (χ1) is 10.2.